The summed E-state index contributed by atoms with van der Waals surface area (Å²) in [6.07, 6.45) is 1.02. The van der Waals surface area contributed by atoms with Crippen LogP contribution in [0.5, 0.6) is 5.75 Å². The molecule has 0 radical (unpaired) electrons. The molecule has 0 aromatic heterocycles. The van der Waals surface area contributed by atoms with Gasteiger partial charge in [-0.15, -0.1) is 0 Å². The van der Waals surface area contributed by atoms with Crippen molar-refractivity contribution in [2.24, 2.45) is 0 Å². The maximum atomic E-state index is 6.24. The molecule has 1 saturated heterocycles. The maximum absolute atomic E-state index is 6.24. The van der Waals surface area contributed by atoms with E-state index in [1.165, 1.54) is 0 Å². The number of rotatable bonds is 2. The molecule has 18 heavy (non-hydrogen) atoms. The van der Waals surface area contributed by atoms with Crippen molar-refractivity contribution in [3.63, 3.8) is 0 Å². The van der Waals surface area contributed by atoms with Gasteiger partial charge in [-0.05, 0) is 39.3 Å². The van der Waals surface area contributed by atoms with E-state index in [4.69, 9.17) is 25.6 Å². The van der Waals surface area contributed by atoms with Crippen molar-refractivity contribution in [1.29, 1.82) is 0 Å². The number of methoxy groups -OCH3 is 1. The second-order valence-electron chi connectivity index (χ2n) is 5.25. The normalized spacial score (nSPS) is 22.9. The molecule has 1 unspecified atom stereocenters. The zero-order chi connectivity index (χ0) is 13.3. The largest absolute Gasteiger partial charge is 0.497 e. The van der Waals surface area contributed by atoms with Gasteiger partial charge in [0.15, 0.2) is 0 Å². The molecule has 1 heterocycles. The average molecular weight is 269 g/mol. The van der Waals surface area contributed by atoms with Crippen molar-refractivity contribution in [3.8, 4) is 5.75 Å². The molecule has 1 fully saturated rings. The summed E-state index contributed by atoms with van der Waals surface area (Å²) in [6.45, 7) is 6.18. The fourth-order valence-electron chi connectivity index (χ4n) is 2.28. The molecule has 5 heteroatoms. The highest BCUT2D eigenvalue weighted by molar-refractivity contribution is 6.65. The van der Waals surface area contributed by atoms with Crippen LogP contribution in [-0.2, 0) is 9.31 Å². The number of ether oxygens (including phenoxy) is 1. The monoisotopic (exact) mass is 268 g/mol. The van der Waals surface area contributed by atoms with Crippen LogP contribution in [0.3, 0.4) is 0 Å². The van der Waals surface area contributed by atoms with Gasteiger partial charge < -0.3 is 14.0 Å². The van der Waals surface area contributed by atoms with Gasteiger partial charge >= 0.3 is 7.12 Å². The lowest BCUT2D eigenvalue weighted by atomic mass is 9.75. The summed E-state index contributed by atoms with van der Waals surface area (Å²) >= 11 is 6.24. The van der Waals surface area contributed by atoms with Crippen molar-refractivity contribution < 1.29 is 14.0 Å². The third kappa shape index (κ3) is 3.00. The summed E-state index contributed by atoms with van der Waals surface area (Å²) in [5.74, 6) is 0.729. The molecule has 0 amide bonds. The van der Waals surface area contributed by atoms with Gasteiger partial charge in [-0.1, -0.05) is 17.7 Å². The SMILES string of the molecule is COc1ccc(B2OC(C)CC(C)(C)O2)c(Cl)c1. The first-order valence-electron chi connectivity index (χ1n) is 6.08. The number of hydrogen-bond donors (Lipinski definition) is 0. The summed E-state index contributed by atoms with van der Waals surface area (Å²) in [7, 11) is 1.20. The minimum Gasteiger partial charge on any atom is -0.497 e. The standard InChI is InChI=1S/C13H18BClO3/c1-9-8-13(2,3)18-14(17-9)11-6-5-10(16-4)7-12(11)15/h5-7,9H,8H2,1-4H3. The van der Waals surface area contributed by atoms with Crippen LogP contribution in [0, 0.1) is 0 Å². The van der Waals surface area contributed by atoms with Crippen LogP contribution in [-0.4, -0.2) is 25.9 Å². The lowest BCUT2D eigenvalue weighted by molar-refractivity contribution is -0.0229. The zero-order valence-electron chi connectivity index (χ0n) is 11.2. The fourth-order valence-corrected chi connectivity index (χ4v) is 2.54. The molecule has 0 bridgehead atoms. The highest BCUT2D eigenvalue weighted by atomic mass is 35.5. The van der Waals surface area contributed by atoms with E-state index in [1.54, 1.807) is 13.2 Å². The Hall–Kier alpha value is -0.705. The van der Waals surface area contributed by atoms with Gasteiger partial charge in [-0.25, -0.2) is 0 Å². The molecule has 1 aliphatic rings. The van der Waals surface area contributed by atoms with E-state index in [2.05, 4.69) is 20.8 Å². The van der Waals surface area contributed by atoms with E-state index in [1.807, 2.05) is 12.1 Å². The Kier molecular flexibility index (Phi) is 3.90. The van der Waals surface area contributed by atoms with E-state index in [0.29, 0.717) is 5.02 Å². The van der Waals surface area contributed by atoms with E-state index in [-0.39, 0.29) is 11.7 Å². The molecular weight excluding hydrogens is 250 g/mol. The van der Waals surface area contributed by atoms with Crippen LogP contribution in [0.2, 0.25) is 5.02 Å². The van der Waals surface area contributed by atoms with Gasteiger partial charge in [0, 0.05) is 16.6 Å². The summed E-state index contributed by atoms with van der Waals surface area (Å²) < 4.78 is 16.9. The van der Waals surface area contributed by atoms with Gasteiger partial charge in [0.2, 0.25) is 0 Å². The molecule has 1 aromatic rings. The van der Waals surface area contributed by atoms with Gasteiger partial charge in [-0.2, -0.15) is 0 Å². The van der Waals surface area contributed by atoms with Crippen LogP contribution in [0.15, 0.2) is 18.2 Å². The average Bonchev–Trinajstić information content (AvgIpc) is 2.25. The first-order valence-corrected chi connectivity index (χ1v) is 6.46. The minimum absolute atomic E-state index is 0.150. The van der Waals surface area contributed by atoms with Gasteiger partial charge in [0.1, 0.15) is 5.75 Å². The maximum Gasteiger partial charge on any atom is 0.495 e. The van der Waals surface area contributed by atoms with Crippen LogP contribution in [0.4, 0.5) is 0 Å². The van der Waals surface area contributed by atoms with Crippen molar-refractivity contribution in [3.05, 3.63) is 23.2 Å². The quantitative estimate of drug-likeness (QED) is 0.772. The summed E-state index contributed by atoms with van der Waals surface area (Å²) in [6, 6.07) is 5.52. The molecule has 98 valence electrons. The Bertz CT molecular complexity index is 436. The van der Waals surface area contributed by atoms with E-state index in [0.717, 1.165) is 17.6 Å². The Labute approximate surface area is 114 Å². The molecule has 3 nitrogen and oxygen atoms in total. The molecule has 1 aromatic carbocycles. The zero-order valence-corrected chi connectivity index (χ0v) is 12.0. The van der Waals surface area contributed by atoms with E-state index < -0.39 is 7.12 Å². The number of benzene rings is 1. The Balaban J connectivity index is 2.25. The fraction of sp³-hybridized carbons (Fsp3) is 0.538. The van der Waals surface area contributed by atoms with Crippen molar-refractivity contribution in [2.45, 2.75) is 38.9 Å². The molecular formula is C13H18BClO3. The minimum atomic E-state index is -0.415. The third-order valence-electron chi connectivity index (χ3n) is 3.02. The molecule has 0 saturated carbocycles. The number of halogens is 1. The third-order valence-corrected chi connectivity index (χ3v) is 3.35. The highest BCUT2D eigenvalue weighted by Crippen LogP contribution is 2.27. The van der Waals surface area contributed by atoms with Crippen molar-refractivity contribution in [2.75, 3.05) is 7.11 Å². The number of hydrogen-bond acceptors (Lipinski definition) is 3. The molecule has 2 rings (SSSR count). The van der Waals surface area contributed by atoms with Crippen molar-refractivity contribution in [1.82, 2.24) is 0 Å². The first kappa shape index (κ1) is 13.7. The van der Waals surface area contributed by atoms with Crippen molar-refractivity contribution >= 4 is 24.2 Å². The highest BCUT2D eigenvalue weighted by Gasteiger charge is 2.39. The predicted octanol–water partition coefficient (Wildman–Crippen LogP) is 2.65. The first-order chi connectivity index (χ1) is 8.41. The Morgan fingerprint density at radius 1 is 1.44 bits per heavy atom. The summed E-state index contributed by atoms with van der Waals surface area (Å²) in [5, 5.41) is 0.601. The van der Waals surface area contributed by atoms with E-state index >= 15 is 0 Å². The van der Waals surface area contributed by atoms with Crippen LogP contribution >= 0.6 is 11.6 Å². The molecule has 0 aliphatic carbocycles. The topological polar surface area (TPSA) is 27.7 Å². The van der Waals surface area contributed by atoms with Gasteiger partial charge in [0.25, 0.3) is 0 Å². The predicted molar refractivity (Wildman–Crippen MR) is 73.7 cm³/mol. The van der Waals surface area contributed by atoms with E-state index in [9.17, 15) is 0 Å². The molecule has 0 spiro atoms. The Morgan fingerprint density at radius 2 is 2.17 bits per heavy atom. The van der Waals surface area contributed by atoms with Crippen LogP contribution in [0.25, 0.3) is 0 Å². The lowest BCUT2D eigenvalue weighted by Crippen LogP contribution is -2.52. The van der Waals surface area contributed by atoms with Crippen LogP contribution in [0.1, 0.15) is 27.2 Å². The molecule has 1 atom stereocenters. The van der Waals surface area contributed by atoms with Crippen LogP contribution < -0.4 is 10.2 Å². The second kappa shape index (κ2) is 5.12. The summed E-state index contributed by atoms with van der Waals surface area (Å²) in [5.41, 5.74) is 0.642. The van der Waals surface area contributed by atoms with Gasteiger partial charge in [-0.3, -0.25) is 0 Å². The molecule has 0 N–H and O–H groups in total. The van der Waals surface area contributed by atoms with Gasteiger partial charge in [0.05, 0.1) is 12.7 Å². The smallest absolute Gasteiger partial charge is 0.495 e. The Morgan fingerprint density at radius 3 is 2.72 bits per heavy atom. The lowest BCUT2D eigenvalue weighted by Gasteiger charge is -2.38. The summed E-state index contributed by atoms with van der Waals surface area (Å²) in [4.78, 5) is 0. The molecule has 1 aliphatic heterocycles. The second-order valence-corrected chi connectivity index (χ2v) is 5.65.